The van der Waals surface area contributed by atoms with Crippen LogP contribution in [0, 0.1) is 12.8 Å². The third-order valence-electron chi connectivity index (χ3n) is 5.06. The number of piperidine rings is 1. The molecule has 0 bridgehead atoms. The topological polar surface area (TPSA) is 84.9 Å². The Labute approximate surface area is 171 Å². The Morgan fingerprint density at radius 2 is 1.83 bits per heavy atom. The molecule has 3 rings (SSSR count). The lowest BCUT2D eigenvalue weighted by atomic mass is 9.98. The second-order valence-corrected chi connectivity index (χ2v) is 9.01. The van der Waals surface area contributed by atoms with E-state index in [1.807, 2.05) is 19.1 Å². The van der Waals surface area contributed by atoms with Gasteiger partial charge in [-0.2, -0.15) is 4.31 Å². The van der Waals surface area contributed by atoms with Crippen molar-refractivity contribution in [3.63, 3.8) is 0 Å². The summed E-state index contributed by atoms with van der Waals surface area (Å²) in [6, 6.07) is 11.8. The number of methoxy groups -OCH3 is 2. The van der Waals surface area contributed by atoms with E-state index < -0.39 is 15.9 Å². The van der Waals surface area contributed by atoms with Gasteiger partial charge < -0.3 is 14.8 Å². The Hall–Kier alpha value is -2.58. The van der Waals surface area contributed by atoms with Crippen molar-refractivity contribution >= 4 is 21.6 Å². The lowest BCUT2D eigenvalue weighted by molar-refractivity contribution is -0.120. The molecule has 1 unspecified atom stereocenters. The molecule has 156 valence electrons. The number of benzene rings is 2. The van der Waals surface area contributed by atoms with Crippen molar-refractivity contribution in [1.29, 1.82) is 0 Å². The zero-order chi connectivity index (χ0) is 21.0. The average molecular weight is 419 g/mol. The third-order valence-corrected chi connectivity index (χ3v) is 6.94. The van der Waals surface area contributed by atoms with Crippen LogP contribution in [0.2, 0.25) is 0 Å². The smallest absolute Gasteiger partial charge is 0.243 e. The first-order chi connectivity index (χ1) is 13.8. The third kappa shape index (κ3) is 4.71. The molecular formula is C21H26N2O5S. The monoisotopic (exact) mass is 418 g/mol. The van der Waals surface area contributed by atoms with Crippen molar-refractivity contribution < 1.29 is 22.7 Å². The van der Waals surface area contributed by atoms with E-state index >= 15 is 0 Å². The molecule has 2 aromatic rings. The van der Waals surface area contributed by atoms with Gasteiger partial charge >= 0.3 is 0 Å². The van der Waals surface area contributed by atoms with Gasteiger partial charge in [-0.25, -0.2) is 8.42 Å². The van der Waals surface area contributed by atoms with Crippen LogP contribution in [0.3, 0.4) is 0 Å². The van der Waals surface area contributed by atoms with Crippen molar-refractivity contribution in [2.75, 3.05) is 32.6 Å². The number of amides is 1. The van der Waals surface area contributed by atoms with Crippen molar-refractivity contribution in [2.24, 2.45) is 5.92 Å². The van der Waals surface area contributed by atoms with E-state index in [4.69, 9.17) is 9.47 Å². The zero-order valence-electron chi connectivity index (χ0n) is 16.8. The van der Waals surface area contributed by atoms with E-state index in [1.54, 1.807) is 25.3 Å². The summed E-state index contributed by atoms with van der Waals surface area (Å²) < 4.78 is 37.8. The maximum atomic E-state index is 13.0. The van der Waals surface area contributed by atoms with E-state index in [-0.39, 0.29) is 17.3 Å². The van der Waals surface area contributed by atoms with Crippen LogP contribution in [0.25, 0.3) is 0 Å². The molecule has 2 aromatic carbocycles. The molecule has 0 saturated carbocycles. The molecule has 1 fully saturated rings. The number of anilines is 1. The van der Waals surface area contributed by atoms with E-state index in [1.165, 1.54) is 23.5 Å². The number of carbonyl (C=O) groups is 1. The summed E-state index contributed by atoms with van der Waals surface area (Å²) >= 11 is 0. The second-order valence-electron chi connectivity index (χ2n) is 7.07. The second kappa shape index (κ2) is 8.84. The highest BCUT2D eigenvalue weighted by molar-refractivity contribution is 7.89. The first kappa shape index (κ1) is 21.1. The molecule has 1 aliphatic heterocycles. The maximum absolute atomic E-state index is 13.0. The van der Waals surface area contributed by atoms with E-state index in [0.717, 1.165) is 5.56 Å². The van der Waals surface area contributed by atoms with E-state index in [2.05, 4.69) is 5.32 Å². The fourth-order valence-corrected chi connectivity index (χ4v) is 4.95. The van der Waals surface area contributed by atoms with Gasteiger partial charge in [0, 0.05) is 13.1 Å². The summed E-state index contributed by atoms with van der Waals surface area (Å²) in [5, 5.41) is 2.90. The summed E-state index contributed by atoms with van der Waals surface area (Å²) in [4.78, 5) is 13.0. The number of sulfonamides is 1. The number of carbonyl (C=O) groups excluding carboxylic acids is 1. The van der Waals surface area contributed by atoms with Crippen LogP contribution in [-0.2, 0) is 14.8 Å². The number of hydrogen-bond donors (Lipinski definition) is 1. The standard InChI is InChI=1S/C21H26N2O5S/c1-15-6-11-20(28-3)19(13-15)22-21(24)16-5-4-12-23(14-16)29(25,26)18-9-7-17(27-2)8-10-18/h6-11,13,16H,4-5,12,14H2,1-3H3,(H,22,24). The van der Waals surface area contributed by atoms with Gasteiger partial charge in [-0.3, -0.25) is 4.79 Å². The fourth-order valence-electron chi connectivity index (χ4n) is 3.43. The molecule has 1 amide bonds. The Morgan fingerprint density at radius 1 is 1.10 bits per heavy atom. The number of ether oxygens (including phenoxy) is 2. The first-order valence-corrected chi connectivity index (χ1v) is 10.9. The first-order valence-electron chi connectivity index (χ1n) is 9.45. The number of rotatable bonds is 6. The molecule has 0 aromatic heterocycles. The van der Waals surface area contributed by atoms with Crippen molar-refractivity contribution in [2.45, 2.75) is 24.7 Å². The van der Waals surface area contributed by atoms with Crippen LogP contribution in [-0.4, -0.2) is 45.9 Å². The minimum Gasteiger partial charge on any atom is -0.497 e. The lowest BCUT2D eigenvalue weighted by Gasteiger charge is -2.31. The van der Waals surface area contributed by atoms with Crippen LogP contribution in [0.4, 0.5) is 5.69 Å². The maximum Gasteiger partial charge on any atom is 0.243 e. The van der Waals surface area contributed by atoms with E-state index in [0.29, 0.717) is 36.6 Å². The van der Waals surface area contributed by atoms with Gasteiger partial charge in [0.2, 0.25) is 15.9 Å². The lowest BCUT2D eigenvalue weighted by Crippen LogP contribution is -2.43. The van der Waals surface area contributed by atoms with Crippen LogP contribution < -0.4 is 14.8 Å². The molecule has 1 saturated heterocycles. The average Bonchev–Trinajstić information content (AvgIpc) is 2.74. The summed E-state index contributed by atoms with van der Waals surface area (Å²) in [5.74, 6) is 0.528. The minimum atomic E-state index is -3.67. The van der Waals surface area contributed by atoms with E-state index in [9.17, 15) is 13.2 Å². The highest BCUT2D eigenvalue weighted by Gasteiger charge is 2.33. The Morgan fingerprint density at radius 3 is 2.48 bits per heavy atom. The molecular weight excluding hydrogens is 392 g/mol. The SMILES string of the molecule is COc1ccc(S(=O)(=O)N2CCCC(C(=O)Nc3cc(C)ccc3OC)C2)cc1. The Bertz CT molecular complexity index is 973. The Kier molecular flexibility index (Phi) is 6.44. The molecule has 1 aliphatic rings. The quantitative estimate of drug-likeness (QED) is 0.779. The molecule has 0 aliphatic carbocycles. The minimum absolute atomic E-state index is 0.147. The van der Waals surface area contributed by atoms with Crippen LogP contribution in [0.1, 0.15) is 18.4 Å². The molecule has 1 heterocycles. The normalized spacial score (nSPS) is 17.6. The highest BCUT2D eigenvalue weighted by atomic mass is 32.2. The number of aryl methyl sites for hydroxylation is 1. The van der Waals surface area contributed by atoms with Crippen molar-refractivity contribution in [1.82, 2.24) is 4.31 Å². The summed E-state index contributed by atoms with van der Waals surface area (Å²) in [7, 11) is -0.599. The van der Waals surface area contributed by atoms with Crippen molar-refractivity contribution in [3.8, 4) is 11.5 Å². The molecule has 0 radical (unpaired) electrons. The van der Waals surface area contributed by atoms with Gasteiger partial charge in [0.05, 0.1) is 30.7 Å². The molecule has 29 heavy (non-hydrogen) atoms. The number of nitrogens with one attached hydrogen (secondary N) is 1. The summed E-state index contributed by atoms with van der Waals surface area (Å²) in [6.07, 6.45) is 1.26. The van der Waals surface area contributed by atoms with Gasteiger partial charge in [-0.15, -0.1) is 0 Å². The number of nitrogens with zero attached hydrogens (tertiary/aromatic N) is 1. The predicted molar refractivity (Wildman–Crippen MR) is 111 cm³/mol. The summed E-state index contributed by atoms with van der Waals surface area (Å²) in [6.45, 7) is 2.47. The van der Waals surface area contributed by atoms with Gasteiger partial charge in [0.25, 0.3) is 0 Å². The van der Waals surface area contributed by atoms with Crippen LogP contribution in [0.15, 0.2) is 47.4 Å². The predicted octanol–water partition coefficient (Wildman–Crippen LogP) is 3.05. The van der Waals surface area contributed by atoms with Gasteiger partial charge in [0.15, 0.2) is 0 Å². The fraction of sp³-hybridized carbons (Fsp3) is 0.381. The number of hydrogen-bond acceptors (Lipinski definition) is 5. The molecule has 1 N–H and O–H groups in total. The van der Waals surface area contributed by atoms with Gasteiger partial charge in [0.1, 0.15) is 11.5 Å². The molecule has 0 spiro atoms. The largest absolute Gasteiger partial charge is 0.497 e. The highest BCUT2D eigenvalue weighted by Crippen LogP contribution is 2.29. The Balaban J connectivity index is 1.74. The molecule has 1 atom stereocenters. The zero-order valence-corrected chi connectivity index (χ0v) is 17.7. The van der Waals surface area contributed by atoms with Crippen LogP contribution >= 0.6 is 0 Å². The van der Waals surface area contributed by atoms with Crippen LogP contribution in [0.5, 0.6) is 11.5 Å². The molecule has 7 nitrogen and oxygen atoms in total. The van der Waals surface area contributed by atoms with Gasteiger partial charge in [-0.1, -0.05) is 6.07 Å². The van der Waals surface area contributed by atoms with Crippen molar-refractivity contribution in [3.05, 3.63) is 48.0 Å². The summed E-state index contributed by atoms with van der Waals surface area (Å²) in [5.41, 5.74) is 1.58. The molecule has 8 heteroatoms. The van der Waals surface area contributed by atoms with Gasteiger partial charge in [-0.05, 0) is 61.7 Å².